The molecule has 0 aliphatic carbocycles. The van der Waals surface area contributed by atoms with Gasteiger partial charge in [-0.2, -0.15) is 13.2 Å². The smallest absolute Gasteiger partial charge is 0.401 e. The van der Waals surface area contributed by atoms with Crippen molar-refractivity contribution >= 4 is 21.9 Å². The molecular formula is C13H15BrF3NO2. The summed E-state index contributed by atoms with van der Waals surface area (Å²) >= 11 is 3.29. The van der Waals surface area contributed by atoms with Crippen molar-refractivity contribution in [2.24, 2.45) is 0 Å². The van der Waals surface area contributed by atoms with E-state index in [0.717, 1.165) is 10.0 Å². The molecule has 1 rings (SSSR count). The number of rotatable bonds is 5. The summed E-state index contributed by atoms with van der Waals surface area (Å²) in [6.45, 7) is 2.29. The summed E-state index contributed by atoms with van der Waals surface area (Å²) in [6, 6.07) is 3.79. The van der Waals surface area contributed by atoms with Crippen LogP contribution < -0.4 is 5.32 Å². The van der Waals surface area contributed by atoms with E-state index in [2.05, 4.69) is 21.2 Å². The predicted molar refractivity (Wildman–Crippen MR) is 72.3 cm³/mol. The second-order valence-electron chi connectivity index (χ2n) is 4.19. The van der Waals surface area contributed by atoms with Crippen molar-refractivity contribution in [1.29, 1.82) is 0 Å². The van der Waals surface area contributed by atoms with E-state index in [-0.39, 0.29) is 6.61 Å². The van der Waals surface area contributed by atoms with Gasteiger partial charge in [0.25, 0.3) is 0 Å². The maximum Gasteiger partial charge on any atom is 0.401 e. The quantitative estimate of drug-likeness (QED) is 0.823. The van der Waals surface area contributed by atoms with Crippen LogP contribution in [0.15, 0.2) is 22.7 Å². The molecule has 7 heteroatoms. The lowest BCUT2D eigenvalue weighted by atomic mass is 10.1. The second kappa shape index (κ2) is 7.08. The Hall–Kier alpha value is -1.08. The molecule has 112 valence electrons. The van der Waals surface area contributed by atoms with Gasteiger partial charge in [0.15, 0.2) is 0 Å². The molecule has 20 heavy (non-hydrogen) atoms. The monoisotopic (exact) mass is 353 g/mol. The molecule has 0 aliphatic rings. The third kappa shape index (κ3) is 5.13. The summed E-state index contributed by atoms with van der Waals surface area (Å²) < 4.78 is 42.4. The average molecular weight is 354 g/mol. The molecule has 0 radical (unpaired) electrons. The minimum atomic E-state index is -4.40. The van der Waals surface area contributed by atoms with E-state index in [0.29, 0.717) is 5.56 Å². The van der Waals surface area contributed by atoms with Gasteiger partial charge in [-0.05, 0) is 31.0 Å². The van der Waals surface area contributed by atoms with Crippen LogP contribution in [0.4, 0.5) is 13.2 Å². The molecule has 0 saturated heterocycles. The summed E-state index contributed by atoms with van der Waals surface area (Å²) in [5, 5.41) is 2.19. The van der Waals surface area contributed by atoms with Gasteiger partial charge in [0.2, 0.25) is 0 Å². The molecule has 1 unspecified atom stereocenters. The normalized spacial score (nSPS) is 13.1. The van der Waals surface area contributed by atoms with Crippen LogP contribution in [0.25, 0.3) is 0 Å². The molecule has 0 saturated carbocycles. The van der Waals surface area contributed by atoms with E-state index in [1.54, 1.807) is 25.1 Å². The van der Waals surface area contributed by atoms with Gasteiger partial charge in [-0.25, -0.2) is 4.79 Å². The number of alkyl halides is 3. The molecule has 0 bridgehead atoms. The number of benzene rings is 1. The molecule has 0 heterocycles. The third-order valence-electron chi connectivity index (χ3n) is 2.56. The van der Waals surface area contributed by atoms with Crippen LogP contribution in [-0.2, 0) is 9.53 Å². The minimum Gasteiger partial charge on any atom is -0.465 e. The maximum absolute atomic E-state index is 12.3. The lowest BCUT2D eigenvalue weighted by Gasteiger charge is -2.19. The van der Waals surface area contributed by atoms with Gasteiger partial charge in [-0.15, -0.1) is 0 Å². The van der Waals surface area contributed by atoms with Gasteiger partial charge in [-0.3, -0.25) is 5.32 Å². The van der Waals surface area contributed by atoms with E-state index in [4.69, 9.17) is 4.74 Å². The van der Waals surface area contributed by atoms with E-state index in [1.165, 1.54) is 0 Å². The molecule has 0 aromatic heterocycles. The zero-order valence-corrected chi connectivity index (χ0v) is 12.6. The fourth-order valence-electron chi connectivity index (χ4n) is 1.57. The molecule has 1 aromatic carbocycles. The maximum atomic E-state index is 12.3. The topological polar surface area (TPSA) is 38.3 Å². The van der Waals surface area contributed by atoms with E-state index < -0.39 is 24.7 Å². The number of ether oxygens (including phenoxy) is 1. The number of carbonyl (C=O) groups is 1. The lowest BCUT2D eigenvalue weighted by molar-refractivity contribution is -0.149. The molecule has 3 nitrogen and oxygen atoms in total. The Morgan fingerprint density at radius 3 is 2.60 bits per heavy atom. The largest absolute Gasteiger partial charge is 0.465 e. The van der Waals surface area contributed by atoms with Gasteiger partial charge in [0.1, 0.15) is 6.04 Å². The zero-order chi connectivity index (χ0) is 15.3. The van der Waals surface area contributed by atoms with Crippen LogP contribution in [0.1, 0.15) is 24.1 Å². The Kier molecular flexibility index (Phi) is 6.01. The van der Waals surface area contributed by atoms with Crippen molar-refractivity contribution in [2.75, 3.05) is 13.2 Å². The number of hydrogen-bond donors (Lipinski definition) is 1. The molecule has 0 amide bonds. The van der Waals surface area contributed by atoms with Gasteiger partial charge in [-0.1, -0.05) is 28.1 Å². The Bertz CT molecular complexity index is 477. The van der Waals surface area contributed by atoms with E-state index in [1.807, 2.05) is 6.92 Å². The van der Waals surface area contributed by atoms with Crippen molar-refractivity contribution in [3.63, 3.8) is 0 Å². The van der Waals surface area contributed by atoms with Gasteiger partial charge >= 0.3 is 12.1 Å². The molecule has 0 spiro atoms. The lowest BCUT2D eigenvalue weighted by Crippen LogP contribution is -2.37. The number of nitrogens with one attached hydrogen (secondary N) is 1. The average Bonchev–Trinajstić information content (AvgIpc) is 2.32. The van der Waals surface area contributed by atoms with Gasteiger partial charge < -0.3 is 4.74 Å². The molecule has 0 fully saturated rings. The fraction of sp³-hybridized carbons (Fsp3) is 0.462. The summed E-state index contributed by atoms with van der Waals surface area (Å²) in [5.41, 5.74) is 1.34. The van der Waals surface area contributed by atoms with Crippen LogP contribution >= 0.6 is 15.9 Å². The van der Waals surface area contributed by atoms with Crippen molar-refractivity contribution < 1.29 is 22.7 Å². The fourth-order valence-corrected chi connectivity index (χ4v) is 1.97. The number of halogens is 4. The van der Waals surface area contributed by atoms with Crippen LogP contribution in [-0.4, -0.2) is 25.3 Å². The number of esters is 1. The second-order valence-corrected chi connectivity index (χ2v) is 5.04. The molecular weight excluding hydrogens is 339 g/mol. The van der Waals surface area contributed by atoms with Gasteiger partial charge in [0.05, 0.1) is 13.2 Å². The molecule has 1 N–H and O–H groups in total. The summed E-state index contributed by atoms with van der Waals surface area (Å²) in [7, 11) is 0. The molecule has 1 aromatic rings. The number of carbonyl (C=O) groups excluding carboxylic acids is 1. The third-order valence-corrected chi connectivity index (χ3v) is 3.41. The minimum absolute atomic E-state index is 0.107. The first-order valence-electron chi connectivity index (χ1n) is 5.97. The molecule has 0 aliphatic heterocycles. The van der Waals surface area contributed by atoms with Crippen molar-refractivity contribution in [3.05, 3.63) is 33.8 Å². The Morgan fingerprint density at radius 2 is 2.10 bits per heavy atom. The van der Waals surface area contributed by atoms with Crippen LogP contribution in [0.3, 0.4) is 0 Å². The van der Waals surface area contributed by atoms with Crippen LogP contribution in [0.2, 0.25) is 0 Å². The summed E-state index contributed by atoms with van der Waals surface area (Å²) in [5.74, 6) is -0.729. The zero-order valence-electron chi connectivity index (χ0n) is 11.1. The standard InChI is InChI=1S/C13H15BrF3NO2/c1-3-20-12(19)11(18-7-13(15,16)17)9-5-4-8(2)10(14)6-9/h4-6,11,18H,3,7H2,1-2H3. The van der Waals surface area contributed by atoms with Crippen molar-refractivity contribution in [2.45, 2.75) is 26.1 Å². The van der Waals surface area contributed by atoms with Crippen molar-refractivity contribution in [3.8, 4) is 0 Å². The van der Waals surface area contributed by atoms with E-state index >= 15 is 0 Å². The van der Waals surface area contributed by atoms with Crippen LogP contribution in [0.5, 0.6) is 0 Å². The summed E-state index contributed by atoms with van der Waals surface area (Å²) in [4.78, 5) is 11.8. The Morgan fingerprint density at radius 1 is 1.45 bits per heavy atom. The van der Waals surface area contributed by atoms with Crippen molar-refractivity contribution in [1.82, 2.24) is 5.32 Å². The highest BCUT2D eigenvalue weighted by Crippen LogP contribution is 2.24. The first kappa shape index (κ1) is 17.0. The highest BCUT2D eigenvalue weighted by molar-refractivity contribution is 9.10. The Labute approximate surface area is 123 Å². The highest BCUT2D eigenvalue weighted by Gasteiger charge is 2.31. The van der Waals surface area contributed by atoms with Gasteiger partial charge in [0, 0.05) is 4.47 Å². The summed E-state index contributed by atoms with van der Waals surface area (Å²) in [6.07, 6.45) is -4.40. The van der Waals surface area contributed by atoms with Crippen LogP contribution in [0, 0.1) is 6.92 Å². The molecule has 1 atom stereocenters. The first-order valence-corrected chi connectivity index (χ1v) is 6.76. The SMILES string of the molecule is CCOC(=O)C(NCC(F)(F)F)c1ccc(C)c(Br)c1. The number of aryl methyl sites for hydroxylation is 1. The number of hydrogen-bond acceptors (Lipinski definition) is 3. The Balaban J connectivity index is 2.96. The highest BCUT2D eigenvalue weighted by atomic mass is 79.9. The first-order chi connectivity index (χ1) is 9.24. The predicted octanol–water partition coefficient (Wildman–Crippen LogP) is 3.51. The van der Waals surface area contributed by atoms with E-state index in [9.17, 15) is 18.0 Å².